The van der Waals surface area contributed by atoms with Crippen LogP contribution in [0.25, 0.3) is 0 Å². The molecule has 0 aliphatic carbocycles. The third kappa shape index (κ3) is 7.92. The number of hydrogen-bond donors (Lipinski definition) is 2. The van der Waals surface area contributed by atoms with Crippen molar-refractivity contribution in [3.63, 3.8) is 0 Å². The van der Waals surface area contributed by atoms with Crippen LogP contribution >= 0.6 is 0 Å². The molecular weight excluding hydrogens is 444 g/mol. The Balaban J connectivity index is 1.72. The Kier molecular flexibility index (Phi) is 10.3. The highest BCUT2D eigenvalue weighted by Crippen LogP contribution is 2.23. The van der Waals surface area contributed by atoms with Crippen LogP contribution in [0.15, 0.2) is 42.5 Å². The number of rotatable bonds is 6. The summed E-state index contributed by atoms with van der Waals surface area (Å²) in [6, 6.07) is 9.45. The number of benzene rings is 1. The number of carbonyl (C=O) groups excluding carboxylic acids is 3. The molecule has 0 bridgehead atoms. The fraction of sp³-hybridized carbons (Fsp3) is 0.607. The summed E-state index contributed by atoms with van der Waals surface area (Å²) >= 11 is 0. The van der Waals surface area contributed by atoms with E-state index < -0.39 is 5.92 Å². The molecule has 2 aliphatic rings. The van der Waals surface area contributed by atoms with E-state index in [0.717, 1.165) is 18.4 Å². The lowest BCUT2D eigenvalue weighted by Crippen LogP contribution is -2.46. The van der Waals surface area contributed by atoms with Gasteiger partial charge in [-0.15, -0.1) is 0 Å². The molecule has 0 unspecified atom stereocenters. The van der Waals surface area contributed by atoms with Gasteiger partial charge in [-0.1, -0.05) is 56.3 Å². The summed E-state index contributed by atoms with van der Waals surface area (Å²) in [5.74, 6) is -1.22. The van der Waals surface area contributed by atoms with Gasteiger partial charge in [-0.25, -0.2) is 0 Å². The number of nitrogens with zero attached hydrogens (tertiary/aromatic N) is 1. The number of aliphatic hydroxyl groups is 1. The maximum atomic E-state index is 13.2. The average molecular weight is 485 g/mol. The van der Waals surface area contributed by atoms with Crippen LogP contribution in [0.1, 0.15) is 57.9 Å². The number of hydrogen-bond acceptors (Lipinski definition) is 5. The standard InChI is InChI=1S/C28H40N2O5/c1-20(2)25-19-35-28(34)23(16-21-10-5-3-6-11-21)13-8-4-7-12-22(27(33)29-25)17-26(32)30-15-9-14-24(30)18-31/h3-7,10-11,20,22-25,31H,8-9,12-19H2,1-2H3,(H,29,33)/t22-,23-,24+,25-/m1/s1. The minimum absolute atomic E-state index is 0.0482. The number of likely N-dealkylation sites (tertiary alicyclic amines) is 1. The van der Waals surface area contributed by atoms with Gasteiger partial charge in [0.1, 0.15) is 6.61 Å². The second kappa shape index (κ2) is 13.4. The van der Waals surface area contributed by atoms with Crippen molar-refractivity contribution in [1.29, 1.82) is 0 Å². The number of ether oxygens (including phenoxy) is 1. The first-order valence-corrected chi connectivity index (χ1v) is 12.9. The number of allylic oxidation sites excluding steroid dienone is 2. The number of carbonyl (C=O) groups is 3. The highest BCUT2D eigenvalue weighted by Gasteiger charge is 2.32. The van der Waals surface area contributed by atoms with E-state index in [0.29, 0.717) is 32.2 Å². The van der Waals surface area contributed by atoms with Gasteiger partial charge in [-0.05, 0) is 50.0 Å². The molecule has 4 atom stereocenters. The zero-order valence-electron chi connectivity index (χ0n) is 21.0. The van der Waals surface area contributed by atoms with Crippen molar-refractivity contribution in [3.05, 3.63) is 48.0 Å². The highest BCUT2D eigenvalue weighted by atomic mass is 16.5. The number of amides is 2. The van der Waals surface area contributed by atoms with Crippen molar-refractivity contribution in [1.82, 2.24) is 10.2 Å². The molecule has 7 nitrogen and oxygen atoms in total. The van der Waals surface area contributed by atoms with Crippen molar-refractivity contribution < 1.29 is 24.2 Å². The molecule has 3 rings (SSSR count). The lowest BCUT2D eigenvalue weighted by atomic mass is 9.94. The first kappa shape index (κ1) is 26.9. The molecule has 2 amide bonds. The molecule has 192 valence electrons. The summed E-state index contributed by atoms with van der Waals surface area (Å²) in [5.41, 5.74) is 1.10. The first-order valence-electron chi connectivity index (χ1n) is 12.9. The normalized spacial score (nSPS) is 26.5. The van der Waals surface area contributed by atoms with E-state index in [9.17, 15) is 19.5 Å². The summed E-state index contributed by atoms with van der Waals surface area (Å²) < 4.78 is 5.71. The van der Waals surface area contributed by atoms with Crippen LogP contribution in [-0.4, -0.2) is 59.6 Å². The molecule has 2 N–H and O–H groups in total. The Morgan fingerprint density at radius 3 is 2.63 bits per heavy atom. The Labute approximate surface area is 208 Å². The van der Waals surface area contributed by atoms with Crippen LogP contribution in [0.5, 0.6) is 0 Å². The predicted molar refractivity (Wildman–Crippen MR) is 134 cm³/mol. The van der Waals surface area contributed by atoms with Gasteiger partial charge in [-0.2, -0.15) is 0 Å². The van der Waals surface area contributed by atoms with Gasteiger partial charge < -0.3 is 20.1 Å². The van der Waals surface area contributed by atoms with Crippen molar-refractivity contribution in [2.75, 3.05) is 19.8 Å². The predicted octanol–water partition coefficient (Wildman–Crippen LogP) is 3.26. The molecule has 2 aliphatic heterocycles. The minimum Gasteiger partial charge on any atom is -0.463 e. The molecule has 0 saturated carbocycles. The zero-order valence-corrected chi connectivity index (χ0v) is 21.0. The van der Waals surface area contributed by atoms with E-state index >= 15 is 0 Å². The van der Waals surface area contributed by atoms with Gasteiger partial charge in [0.05, 0.1) is 30.5 Å². The topological polar surface area (TPSA) is 95.9 Å². The largest absolute Gasteiger partial charge is 0.463 e. The minimum atomic E-state index is -0.503. The molecule has 2 heterocycles. The van der Waals surface area contributed by atoms with Crippen LogP contribution in [0, 0.1) is 17.8 Å². The summed E-state index contributed by atoms with van der Waals surface area (Å²) in [6.07, 6.45) is 8.16. The summed E-state index contributed by atoms with van der Waals surface area (Å²) in [4.78, 5) is 40.9. The first-order chi connectivity index (χ1) is 16.9. The van der Waals surface area contributed by atoms with Gasteiger partial charge in [0.2, 0.25) is 11.8 Å². The van der Waals surface area contributed by atoms with Gasteiger partial charge in [-0.3, -0.25) is 14.4 Å². The van der Waals surface area contributed by atoms with Gasteiger partial charge in [0.25, 0.3) is 0 Å². The van der Waals surface area contributed by atoms with Gasteiger partial charge in [0, 0.05) is 13.0 Å². The maximum Gasteiger partial charge on any atom is 0.309 e. The van der Waals surface area contributed by atoms with E-state index in [-0.39, 0.29) is 61.3 Å². The fourth-order valence-electron chi connectivity index (χ4n) is 4.83. The molecule has 35 heavy (non-hydrogen) atoms. The van der Waals surface area contributed by atoms with Crippen LogP contribution < -0.4 is 5.32 Å². The van der Waals surface area contributed by atoms with E-state index in [2.05, 4.69) is 5.32 Å². The van der Waals surface area contributed by atoms with E-state index in [4.69, 9.17) is 4.74 Å². The second-order valence-corrected chi connectivity index (χ2v) is 10.1. The van der Waals surface area contributed by atoms with Crippen molar-refractivity contribution >= 4 is 17.8 Å². The number of esters is 1. The molecule has 1 aromatic carbocycles. The Bertz CT molecular complexity index is 869. The molecule has 1 aromatic rings. The zero-order chi connectivity index (χ0) is 25.2. The third-order valence-corrected chi connectivity index (χ3v) is 7.16. The molecule has 0 aromatic heterocycles. The second-order valence-electron chi connectivity index (χ2n) is 10.1. The smallest absolute Gasteiger partial charge is 0.309 e. The molecule has 0 spiro atoms. The highest BCUT2D eigenvalue weighted by molar-refractivity contribution is 5.86. The number of nitrogens with one attached hydrogen (secondary N) is 1. The van der Waals surface area contributed by atoms with E-state index in [1.165, 1.54) is 0 Å². The maximum absolute atomic E-state index is 13.2. The monoisotopic (exact) mass is 484 g/mol. The molecular formula is C28H40N2O5. The van der Waals surface area contributed by atoms with E-state index in [1.807, 2.05) is 56.3 Å². The Morgan fingerprint density at radius 2 is 1.91 bits per heavy atom. The lowest BCUT2D eigenvalue weighted by Gasteiger charge is -2.27. The van der Waals surface area contributed by atoms with Crippen LogP contribution in [0.2, 0.25) is 0 Å². The average Bonchev–Trinajstić information content (AvgIpc) is 3.33. The van der Waals surface area contributed by atoms with Gasteiger partial charge >= 0.3 is 5.97 Å². The third-order valence-electron chi connectivity index (χ3n) is 7.16. The molecule has 7 heteroatoms. The van der Waals surface area contributed by atoms with Crippen molar-refractivity contribution in [3.8, 4) is 0 Å². The van der Waals surface area contributed by atoms with Gasteiger partial charge in [0.15, 0.2) is 0 Å². The summed E-state index contributed by atoms with van der Waals surface area (Å²) in [7, 11) is 0. The quantitative estimate of drug-likeness (QED) is 0.477. The Morgan fingerprint density at radius 1 is 1.14 bits per heavy atom. The fourth-order valence-corrected chi connectivity index (χ4v) is 4.83. The lowest BCUT2D eigenvalue weighted by molar-refractivity contribution is -0.150. The summed E-state index contributed by atoms with van der Waals surface area (Å²) in [5, 5.41) is 12.6. The van der Waals surface area contributed by atoms with Crippen LogP contribution in [0.4, 0.5) is 0 Å². The number of cyclic esters (lactones) is 1. The summed E-state index contributed by atoms with van der Waals surface area (Å²) in [6.45, 7) is 4.65. The molecule has 0 radical (unpaired) electrons. The van der Waals surface area contributed by atoms with Crippen molar-refractivity contribution in [2.24, 2.45) is 17.8 Å². The molecule has 1 fully saturated rings. The SMILES string of the molecule is CC(C)[C@H]1COC(=O)[C@@H](Cc2ccccc2)CCC=CC[C@H](CC(=O)N2CCC[C@H]2CO)C(=O)N1. The van der Waals surface area contributed by atoms with Crippen LogP contribution in [0.3, 0.4) is 0 Å². The molecule has 1 saturated heterocycles. The van der Waals surface area contributed by atoms with Crippen molar-refractivity contribution in [2.45, 2.75) is 70.9 Å². The Hall–Kier alpha value is -2.67. The number of aliphatic hydroxyl groups excluding tert-OH is 1. The van der Waals surface area contributed by atoms with Crippen LogP contribution in [-0.2, 0) is 25.5 Å². The van der Waals surface area contributed by atoms with E-state index in [1.54, 1.807) is 4.90 Å².